The molecule has 0 spiro atoms. The molecule has 2 heteroatoms. The number of aliphatic hydroxyl groups is 1. The van der Waals surface area contributed by atoms with Gasteiger partial charge in [0.25, 0.3) is 0 Å². The number of rotatable bonds is 2. The summed E-state index contributed by atoms with van der Waals surface area (Å²) >= 11 is 0. The molecule has 0 saturated carbocycles. The molecule has 0 bridgehead atoms. The second-order valence-corrected chi connectivity index (χ2v) is 4.39. The van der Waals surface area contributed by atoms with Gasteiger partial charge >= 0.3 is 0 Å². The average Bonchev–Trinajstić information content (AvgIpc) is 2.20. The smallest absolute Gasteiger partial charge is 0.0632 e. The first-order valence-corrected chi connectivity index (χ1v) is 5.98. The lowest BCUT2D eigenvalue weighted by molar-refractivity contribution is -0.0171. The summed E-state index contributed by atoms with van der Waals surface area (Å²) in [5, 5.41) is 9.83. The molecule has 1 aliphatic heterocycles. The van der Waals surface area contributed by atoms with Gasteiger partial charge in [0.1, 0.15) is 0 Å². The standard InChI is InChI=1S/C10H21NO.C2H6/c1-4-11-7-5-6-9(8-11)10(2,3)12;1-2/h9,12H,4-8H2,1-3H3;1-2H3. The van der Waals surface area contributed by atoms with Crippen LogP contribution >= 0.6 is 0 Å². The van der Waals surface area contributed by atoms with E-state index in [1.165, 1.54) is 19.4 Å². The first-order valence-electron chi connectivity index (χ1n) is 5.98. The van der Waals surface area contributed by atoms with Crippen LogP contribution < -0.4 is 0 Å². The van der Waals surface area contributed by atoms with Crippen molar-refractivity contribution in [2.75, 3.05) is 19.6 Å². The molecule has 0 radical (unpaired) electrons. The molecule has 1 fully saturated rings. The number of piperidine rings is 1. The van der Waals surface area contributed by atoms with Crippen molar-refractivity contribution in [1.29, 1.82) is 0 Å². The van der Waals surface area contributed by atoms with E-state index >= 15 is 0 Å². The minimum atomic E-state index is -0.492. The minimum Gasteiger partial charge on any atom is -0.390 e. The van der Waals surface area contributed by atoms with Crippen LogP contribution in [-0.2, 0) is 0 Å². The zero-order valence-corrected chi connectivity index (χ0v) is 10.5. The predicted octanol–water partition coefficient (Wildman–Crippen LogP) is 2.52. The maximum Gasteiger partial charge on any atom is 0.0632 e. The van der Waals surface area contributed by atoms with E-state index in [0.29, 0.717) is 5.92 Å². The number of nitrogens with zero attached hydrogens (tertiary/aromatic N) is 1. The Hall–Kier alpha value is -0.0800. The van der Waals surface area contributed by atoms with E-state index in [0.717, 1.165) is 13.1 Å². The molecular weight excluding hydrogens is 174 g/mol. The van der Waals surface area contributed by atoms with Gasteiger partial charge in [0.2, 0.25) is 0 Å². The fourth-order valence-electron chi connectivity index (χ4n) is 1.92. The SMILES string of the molecule is CC.CCN1CCCC(C(C)(C)O)C1. The second-order valence-electron chi connectivity index (χ2n) is 4.39. The Balaban J connectivity index is 0.000000791. The van der Waals surface area contributed by atoms with Crippen molar-refractivity contribution < 1.29 is 5.11 Å². The van der Waals surface area contributed by atoms with Crippen LogP contribution in [0.4, 0.5) is 0 Å². The van der Waals surface area contributed by atoms with Crippen molar-refractivity contribution in [3.8, 4) is 0 Å². The largest absolute Gasteiger partial charge is 0.390 e. The minimum absolute atomic E-state index is 0.464. The molecule has 86 valence electrons. The molecule has 0 aromatic heterocycles. The highest BCUT2D eigenvalue weighted by atomic mass is 16.3. The Kier molecular flexibility index (Phi) is 6.38. The molecule has 14 heavy (non-hydrogen) atoms. The summed E-state index contributed by atoms with van der Waals surface area (Å²) in [4.78, 5) is 2.42. The molecular formula is C12H27NO. The van der Waals surface area contributed by atoms with Crippen LogP contribution in [0.1, 0.15) is 47.5 Å². The van der Waals surface area contributed by atoms with Gasteiger partial charge in [-0.2, -0.15) is 0 Å². The number of hydrogen-bond donors (Lipinski definition) is 1. The topological polar surface area (TPSA) is 23.5 Å². The van der Waals surface area contributed by atoms with Gasteiger partial charge in [-0.05, 0) is 45.7 Å². The Morgan fingerprint density at radius 3 is 2.36 bits per heavy atom. The third kappa shape index (κ3) is 4.43. The van der Waals surface area contributed by atoms with Gasteiger partial charge in [0.05, 0.1) is 5.60 Å². The van der Waals surface area contributed by atoms with Crippen molar-refractivity contribution in [2.24, 2.45) is 5.92 Å². The van der Waals surface area contributed by atoms with Crippen LogP contribution in [0, 0.1) is 5.92 Å². The molecule has 1 unspecified atom stereocenters. The second kappa shape index (κ2) is 6.41. The predicted molar refractivity (Wildman–Crippen MR) is 62.5 cm³/mol. The molecule has 1 saturated heterocycles. The van der Waals surface area contributed by atoms with Gasteiger partial charge in [-0.25, -0.2) is 0 Å². The number of likely N-dealkylation sites (tertiary alicyclic amines) is 1. The van der Waals surface area contributed by atoms with Crippen LogP contribution in [0.15, 0.2) is 0 Å². The molecule has 2 nitrogen and oxygen atoms in total. The summed E-state index contributed by atoms with van der Waals surface area (Å²) in [6.45, 7) is 13.4. The van der Waals surface area contributed by atoms with Gasteiger partial charge in [0.15, 0.2) is 0 Å². The van der Waals surface area contributed by atoms with E-state index in [4.69, 9.17) is 0 Å². The summed E-state index contributed by atoms with van der Waals surface area (Å²) in [5.74, 6) is 0.464. The van der Waals surface area contributed by atoms with E-state index in [1.54, 1.807) is 0 Å². The van der Waals surface area contributed by atoms with Gasteiger partial charge in [-0.3, -0.25) is 0 Å². The summed E-state index contributed by atoms with van der Waals surface area (Å²) in [7, 11) is 0. The van der Waals surface area contributed by atoms with E-state index < -0.39 is 5.60 Å². The summed E-state index contributed by atoms with van der Waals surface area (Å²) in [6, 6.07) is 0. The monoisotopic (exact) mass is 201 g/mol. The third-order valence-corrected chi connectivity index (χ3v) is 2.95. The lowest BCUT2D eigenvalue weighted by Gasteiger charge is -2.38. The Labute approximate surface area is 89.3 Å². The van der Waals surface area contributed by atoms with E-state index in [-0.39, 0.29) is 0 Å². The van der Waals surface area contributed by atoms with Crippen molar-refractivity contribution in [2.45, 2.75) is 53.1 Å². The first-order chi connectivity index (χ1) is 6.54. The Morgan fingerprint density at radius 1 is 1.36 bits per heavy atom. The highest BCUT2D eigenvalue weighted by molar-refractivity contribution is 4.83. The number of hydrogen-bond acceptors (Lipinski definition) is 2. The highest BCUT2D eigenvalue weighted by Gasteiger charge is 2.30. The maximum atomic E-state index is 9.83. The fraction of sp³-hybridized carbons (Fsp3) is 1.00. The zero-order valence-electron chi connectivity index (χ0n) is 10.5. The molecule has 1 rings (SSSR count). The van der Waals surface area contributed by atoms with Crippen molar-refractivity contribution in [1.82, 2.24) is 4.90 Å². The summed E-state index contributed by atoms with van der Waals surface area (Å²) in [6.07, 6.45) is 2.42. The van der Waals surface area contributed by atoms with Crippen LogP contribution in [-0.4, -0.2) is 35.2 Å². The normalized spacial score (nSPS) is 24.0. The molecule has 0 aromatic carbocycles. The average molecular weight is 201 g/mol. The van der Waals surface area contributed by atoms with Crippen LogP contribution in [0.3, 0.4) is 0 Å². The first kappa shape index (κ1) is 13.9. The van der Waals surface area contributed by atoms with Gasteiger partial charge in [-0.15, -0.1) is 0 Å². The van der Waals surface area contributed by atoms with Gasteiger partial charge in [0, 0.05) is 6.54 Å². The van der Waals surface area contributed by atoms with Crippen LogP contribution in [0.25, 0.3) is 0 Å². The van der Waals surface area contributed by atoms with Gasteiger partial charge in [-0.1, -0.05) is 20.8 Å². The quantitative estimate of drug-likeness (QED) is 0.742. The van der Waals surface area contributed by atoms with Crippen molar-refractivity contribution in [3.05, 3.63) is 0 Å². The Morgan fingerprint density at radius 2 is 1.93 bits per heavy atom. The molecule has 0 aliphatic carbocycles. The maximum absolute atomic E-state index is 9.83. The van der Waals surface area contributed by atoms with Crippen molar-refractivity contribution in [3.63, 3.8) is 0 Å². The third-order valence-electron chi connectivity index (χ3n) is 2.95. The molecule has 1 heterocycles. The molecule has 0 aromatic rings. The van der Waals surface area contributed by atoms with E-state index in [2.05, 4.69) is 11.8 Å². The lowest BCUT2D eigenvalue weighted by atomic mass is 9.84. The zero-order chi connectivity index (χ0) is 11.2. The van der Waals surface area contributed by atoms with E-state index in [9.17, 15) is 5.11 Å². The van der Waals surface area contributed by atoms with Crippen molar-refractivity contribution >= 4 is 0 Å². The molecule has 1 N–H and O–H groups in total. The van der Waals surface area contributed by atoms with Crippen LogP contribution in [0.2, 0.25) is 0 Å². The molecule has 1 atom stereocenters. The fourth-order valence-corrected chi connectivity index (χ4v) is 1.92. The Bertz CT molecular complexity index is 140. The lowest BCUT2D eigenvalue weighted by Crippen LogP contribution is -2.44. The highest BCUT2D eigenvalue weighted by Crippen LogP contribution is 2.26. The van der Waals surface area contributed by atoms with Crippen LogP contribution in [0.5, 0.6) is 0 Å². The summed E-state index contributed by atoms with van der Waals surface area (Å²) in [5.41, 5.74) is -0.492. The summed E-state index contributed by atoms with van der Waals surface area (Å²) < 4.78 is 0. The molecule has 0 amide bonds. The molecule has 1 aliphatic rings. The van der Waals surface area contributed by atoms with Gasteiger partial charge < -0.3 is 10.0 Å². The van der Waals surface area contributed by atoms with E-state index in [1.807, 2.05) is 27.7 Å².